The van der Waals surface area contributed by atoms with Gasteiger partial charge in [-0.2, -0.15) is 5.10 Å². The van der Waals surface area contributed by atoms with E-state index in [1.54, 1.807) is 24.3 Å². The summed E-state index contributed by atoms with van der Waals surface area (Å²) in [5.74, 6) is -0.116. The molecule has 4 aromatic rings. The Morgan fingerprint density at radius 2 is 1.81 bits per heavy atom. The maximum atomic E-state index is 13.2. The van der Waals surface area contributed by atoms with Crippen molar-refractivity contribution in [3.63, 3.8) is 0 Å². The molecule has 1 amide bonds. The van der Waals surface area contributed by atoms with E-state index in [9.17, 15) is 14.0 Å². The summed E-state index contributed by atoms with van der Waals surface area (Å²) in [6.07, 6.45) is 0. The Morgan fingerprint density at radius 1 is 1.03 bits per heavy atom. The normalized spacial score (nSPS) is 10.8. The minimum absolute atomic E-state index is 0.189. The second-order valence-corrected chi connectivity index (χ2v) is 7.14. The molecule has 0 atom stereocenters. The van der Waals surface area contributed by atoms with Gasteiger partial charge in [-0.3, -0.25) is 9.59 Å². The molecule has 0 aliphatic rings. The Morgan fingerprint density at radius 3 is 2.59 bits per heavy atom. The maximum absolute atomic E-state index is 13.2. The van der Waals surface area contributed by atoms with E-state index in [1.807, 2.05) is 37.3 Å². The zero-order chi connectivity index (χ0) is 22.5. The Labute approximate surface area is 184 Å². The van der Waals surface area contributed by atoms with Crippen LogP contribution in [0, 0.1) is 5.82 Å². The highest BCUT2D eigenvalue weighted by molar-refractivity contribution is 6.09. The summed E-state index contributed by atoms with van der Waals surface area (Å²) in [7, 11) is 0. The number of fused-ring (bicyclic) bond motifs is 1. The average molecular weight is 431 g/mol. The molecular formula is C25H22FN3O3. The molecule has 162 valence electrons. The van der Waals surface area contributed by atoms with Crippen molar-refractivity contribution in [1.82, 2.24) is 15.1 Å². The topological polar surface area (TPSA) is 73.2 Å². The first-order valence-electron chi connectivity index (χ1n) is 10.3. The lowest BCUT2D eigenvalue weighted by atomic mass is 10.0. The fraction of sp³-hybridized carbons (Fsp3) is 0.160. The van der Waals surface area contributed by atoms with Crippen LogP contribution in [0.25, 0.3) is 22.0 Å². The summed E-state index contributed by atoms with van der Waals surface area (Å²) in [6.45, 7) is 2.69. The minimum Gasteiger partial charge on any atom is -0.493 e. The molecule has 0 saturated heterocycles. The highest BCUT2D eigenvalue weighted by Crippen LogP contribution is 2.28. The smallest absolute Gasteiger partial charge is 0.266 e. The molecule has 4 rings (SSSR count). The monoisotopic (exact) mass is 431 g/mol. The number of benzene rings is 3. The Bertz CT molecular complexity index is 1320. The molecule has 0 spiro atoms. The quantitative estimate of drug-likeness (QED) is 0.480. The molecule has 1 heterocycles. The number of carbonyl (C=O) groups excluding carboxylic acids is 1. The van der Waals surface area contributed by atoms with Gasteiger partial charge in [-0.25, -0.2) is 9.07 Å². The summed E-state index contributed by atoms with van der Waals surface area (Å²) in [5, 5.41) is 8.94. The Kier molecular flexibility index (Phi) is 6.26. The van der Waals surface area contributed by atoms with Crippen molar-refractivity contribution in [1.29, 1.82) is 0 Å². The summed E-state index contributed by atoms with van der Waals surface area (Å²) in [4.78, 5) is 25.2. The lowest BCUT2D eigenvalue weighted by Crippen LogP contribution is -2.32. The summed E-state index contributed by atoms with van der Waals surface area (Å²) < 4.78 is 20.1. The van der Waals surface area contributed by atoms with Crippen LogP contribution in [0.2, 0.25) is 0 Å². The third kappa shape index (κ3) is 4.51. The van der Waals surface area contributed by atoms with E-state index in [1.165, 1.54) is 22.9 Å². The fourth-order valence-electron chi connectivity index (χ4n) is 3.51. The number of halogens is 1. The van der Waals surface area contributed by atoms with Gasteiger partial charge in [0, 0.05) is 18.2 Å². The number of aromatic nitrogens is 2. The van der Waals surface area contributed by atoms with Gasteiger partial charge in [0.1, 0.15) is 11.6 Å². The van der Waals surface area contributed by atoms with Crippen LogP contribution in [0.15, 0.2) is 77.6 Å². The molecule has 32 heavy (non-hydrogen) atoms. The minimum atomic E-state index is -0.343. The number of nitrogens with one attached hydrogen (secondary N) is 1. The van der Waals surface area contributed by atoms with Crippen LogP contribution in [0.4, 0.5) is 4.39 Å². The molecule has 1 aromatic heterocycles. The van der Waals surface area contributed by atoms with Gasteiger partial charge in [0.15, 0.2) is 0 Å². The van der Waals surface area contributed by atoms with E-state index in [2.05, 4.69) is 10.4 Å². The van der Waals surface area contributed by atoms with Crippen LogP contribution in [0.3, 0.4) is 0 Å². The van der Waals surface area contributed by atoms with Crippen LogP contribution in [0.5, 0.6) is 5.75 Å². The van der Waals surface area contributed by atoms with Crippen molar-refractivity contribution in [3.05, 3.63) is 94.5 Å². The molecule has 0 aliphatic heterocycles. The number of hydrogen-bond acceptors (Lipinski definition) is 4. The first kappa shape index (κ1) is 21.2. The maximum Gasteiger partial charge on any atom is 0.266 e. The summed E-state index contributed by atoms with van der Waals surface area (Å²) >= 11 is 0. The van der Waals surface area contributed by atoms with Gasteiger partial charge in [0.2, 0.25) is 0 Å². The third-order valence-corrected chi connectivity index (χ3v) is 5.03. The number of hydrogen-bond donors (Lipinski definition) is 1. The van der Waals surface area contributed by atoms with E-state index in [4.69, 9.17) is 4.74 Å². The van der Waals surface area contributed by atoms with Crippen LogP contribution in [-0.2, 0) is 6.54 Å². The highest BCUT2D eigenvalue weighted by Gasteiger charge is 2.16. The molecule has 0 unspecified atom stereocenters. The van der Waals surface area contributed by atoms with E-state index < -0.39 is 0 Å². The third-order valence-electron chi connectivity index (χ3n) is 5.03. The highest BCUT2D eigenvalue weighted by atomic mass is 19.1. The summed E-state index contributed by atoms with van der Waals surface area (Å²) in [6, 6.07) is 20.2. The largest absolute Gasteiger partial charge is 0.493 e. The Balaban J connectivity index is 1.52. The zero-order valence-electron chi connectivity index (χ0n) is 17.5. The van der Waals surface area contributed by atoms with Crippen molar-refractivity contribution < 1.29 is 13.9 Å². The van der Waals surface area contributed by atoms with Crippen LogP contribution in [-0.4, -0.2) is 28.8 Å². The van der Waals surface area contributed by atoms with E-state index in [-0.39, 0.29) is 30.4 Å². The van der Waals surface area contributed by atoms with E-state index in [0.29, 0.717) is 29.2 Å². The molecule has 0 saturated carbocycles. The van der Waals surface area contributed by atoms with Gasteiger partial charge in [-0.15, -0.1) is 0 Å². The lowest BCUT2D eigenvalue weighted by molar-refractivity contribution is 0.0950. The molecule has 3 aromatic carbocycles. The first-order chi connectivity index (χ1) is 15.6. The number of rotatable bonds is 7. The molecule has 0 fully saturated rings. The predicted molar refractivity (Wildman–Crippen MR) is 121 cm³/mol. The zero-order valence-corrected chi connectivity index (χ0v) is 17.5. The van der Waals surface area contributed by atoms with Gasteiger partial charge in [0.05, 0.1) is 24.4 Å². The number of amides is 1. The molecule has 0 bridgehead atoms. The van der Waals surface area contributed by atoms with Crippen LogP contribution >= 0.6 is 0 Å². The molecule has 6 nitrogen and oxygen atoms in total. The molecule has 1 N–H and O–H groups in total. The summed E-state index contributed by atoms with van der Waals surface area (Å²) in [5.41, 5.74) is 1.42. The van der Waals surface area contributed by atoms with Gasteiger partial charge in [-0.05, 0) is 54.1 Å². The van der Waals surface area contributed by atoms with Crippen molar-refractivity contribution in [2.75, 3.05) is 13.2 Å². The second kappa shape index (κ2) is 9.43. The van der Waals surface area contributed by atoms with E-state index >= 15 is 0 Å². The lowest BCUT2D eigenvalue weighted by Gasteiger charge is -2.14. The molecular weight excluding hydrogens is 409 g/mol. The fourth-order valence-corrected chi connectivity index (χ4v) is 3.51. The second-order valence-electron chi connectivity index (χ2n) is 7.14. The predicted octanol–water partition coefficient (Wildman–Crippen LogP) is 4.03. The van der Waals surface area contributed by atoms with Crippen molar-refractivity contribution >= 4 is 16.7 Å². The Hall–Kier alpha value is -4.00. The van der Waals surface area contributed by atoms with Crippen LogP contribution in [0.1, 0.15) is 17.3 Å². The number of ether oxygens (including phenoxy) is 1. The molecule has 0 aliphatic carbocycles. The number of carbonyl (C=O) groups is 1. The van der Waals surface area contributed by atoms with Gasteiger partial charge in [0.25, 0.3) is 11.5 Å². The van der Waals surface area contributed by atoms with Crippen LogP contribution < -0.4 is 15.6 Å². The van der Waals surface area contributed by atoms with Crippen molar-refractivity contribution in [2.45, 2.75) is 13.5 Å². The van der Waals surface area contributed by atoms with Gasteiger partial charge >= 0.3 is 0 Å². The SMILES string of the molecule is CCOc1ccc2ccccc2c1C(=O)NCCn1nc(-c2ccc(F)cc2)ccc1=O. The van der Waals surface area contributed by atoms with Crippen molar-refractivity contribution in [3.8, 4) is 17.0 Å². The number of nitrogens with zero attached hydrogens (tertiary/aromatic N) is 2. The van der Waals surface area contributed by atoms with Gasteiger partial charge < -0.3 is 10.1 Å². The standard InChI is InChI=1S/C25H22FN3O3/c1-2-32-22-13-9-17-5-3-4-6-20(17)24(22)25(31)27-15-16-29-23(30)14-12-21(28-29)18-7-10-19(26)11-8-18/h3-14H,2,15-16H2,1H3,(H,27,31). The molecule has 0 radical (unpaired) electrons. The molecule has 7 heteroatoms. The van der Waals surface area contributed by atoms with E-state index in [0.717, 1.165) is 10.8 Å². The van der Waals surface area contributed by atoms with Crippen molar-refractivity contribution in [2.24, 2.45) is 0 Å². The van der Waals surface area contributed by atoms with Gasteiger partial charge in [-0.1, -0.05) is 30.3 Å². The first-order valence-corrected chi connectivity index (χ1v) is 10.3. The average Bonchev–Trinajstić information content (AvgIpc) is 2.81.